The van der Waals surface area contributed by atoms with Gasteiger partial charge in [0.2, 0.25) is 0 Å². The Bertz CT molecular complexity index is 1290. The Kier molecular flexibility index (Phi) is 7.02. The van der Waals surface area contributed by atoms with E-state index in [0.717, 1.165) is 26.7 Å². The van der Waals surface area contributed by atoms with E-state index in [0.29, 0.717) is 21.7 Å². The van der Waals surface area contributed by atoms with Crippen molar-refractivity contribution in [2.24, 2.45) is 0 Å². The summed E-state index contributed by atoms with van der Waals surface area (Å²) in [5.74, 6) is -0.666. The zero-order valence-electron chi connectivity index (χ0n) is 17.4. The highest BCUT2D eigenvalue weighted by Crippen LogP contribution is 2.36. The molecule has 166 valence electrons. The quantitative estimate of drug-likeness (QED) is 0.200. The smallest absolute Gasteiger partial charge is 0.343 e. The lowest BCUT2D eigenvalue weighted by Gasteiger charge is -2.13. The normalized spacial score (nSPS) is 14.8. The van der Waals surface area contributed by atoms with Gasteiger partial charge in [-0.3, -0.25) is 14.5 Å². The molecule has 2 amide bonds. The Morgan fingerprint density at radius 1 is 1.09 bits per heavy atom. The van der Waals surface area contributed by atoms with Crippen molar-refractivity contribution in [2.75, 3.05) is 0 Å². The van der Waals surface area contributed by atoms with Gasteiger partial charge in [-0.25, -0.2) is 4.79 Å². The van der Waals surface area contributed by atoms with E-state index >= 15 is 0 Å². The van der Waals surface area contributed by atoms with Gasteiger partial charge in [-0.2, -0.15) is 0 Å². The van der Waals surface area contributed by atoms with Crippen LogP contribution in [0.25, 0.3) is 6.08 Å². The first kappa shape index (κ1) is 23.3. The third-order valence-corrected chi connectivity index (χ3v) is 6.68. The first-order valence-electron chi connectivity index (χ1n) is 9.89. The predicted molar refractivity (Wildman–Crippen MR) is 133 cm³/mol. The lowest BCUT2D eigenvalue weighted by Crippen LogP contribution is -2.27. The molecule has 0 radical (unpaired) electrons. The van der Waals surface area contributed by atoms with E-state index in [9.17, 15) is 14.4 Å². The fraction of sp³-hybridized carbons (Fsp3) is 0.0800. The molecule has 0 N–H and O–H groups in total. The molecule has 1 aliphatic heterocycles. The number of hydrogen-bond donors (Lipinski definition) is 0. The molecular weight excluding hydrogens is 526 g/mol. The molecule has 0 atom stereocenters. The number of carbonyl (C=O) groups is 3. The molecule has 0 spiro atoms. The summed E-state index contributed by atoms with van der Waals surface area (Å²) < 4.78 is 6.33. The highest BCUT2D eigenvalue weighted by Gasteiger charge is 2.35. The Morgan fingerprint density at radius 3 is 2.55 bits per heavy atom. The topological polar surface area (TPSA) is 63.7 Å². The molecule has 33 heavy (non-hydrogen) atoms. The molecule has 4 rings (SSSR count). The Morgan fingerprint density at radius 2 is 1.82 bits per heavy atom. The fourth-order valence-corrected chi connectivity index (χ4v) is 4.55. The van der Waals surface area contributed by atoms with Gasteiger partial charge in [0.05, 0.1) is 17.0 Å². The van der Waals surface area contributed by atoms with Gasteiger partial charge in [0, 0.05) is 15.1 Å². The van der Waals surface area contributed by atoms with Crippen LogP contribution >= 0.6 is 39.3 Å². The summed E-state index contributed by atoms with van der Waals surface area (Å²) in [6.07, 6.45) is 1.56. The van der Waals surface area contributed by atoms with Crippen molar-refractivity contribution in [1.82, 2.24) is 4.90 Å². The molecule has 8 heteroatoms. The molecule has 0 aromatic heterocycles. The number of imide groups is 1. The lowest BCUT2D eigenvalue weighted by molar-refractivity contribution is -0.123. The summed E-state index contributed by atoms with van der Waals surface area (Å²) in [6, 6.07) is 19.2. The van der Waals surface area contributed by atoms with Crippen molar-refractivity contribution < 1.29 is 19.1 Å². The van der Waals surface area contributed by atoms with Crippen molar-refractivity contribution in [2.45, 2.75) is 13.5 Å². The van der Waals surface area contributed by atoms with Crippen LogP contribution in [-0.4, -0.2) is 22.0 Å². The Hall–Kier alpha value is -2.87. The summed E-state index contributed by atoms with van der Waals surface area (Å²) >= 11 is 10.4. The van der Waals surface area contributed by atoms with Crippen LogP contribution in [0.4, 0.5) is 4.79 Å². The van der Waals surface area contributed by atoms with Crippen LogP contribution in [0.1, 0.15) is 27.0 Å². The predicted octanol–water partition coefficient (Wildman–Crippen LogP) is 6.87. The van der Waals surface area contributed by atoms with Crippen LogP contribution in [0.2, 0.25) is 5.02 Å². The SMILES string of the molecule is Cc1ccc(C(=O)Oc2ccc(Br)cc2/C=C2\SC(=O)N(Cc3ccccc3Cl)C2=O)cc1. The van der Waals surface area contributed by atoms with Crippen molar-refractivity contribution in [3.63, 3.8) is 0 Å². The summed E-state index contributed by atoms with van der Waals surface area (Å²) in [4.78, 5) is 39.5. The Balaban J connectivity index is 1.59. The lowest BCUT2D eigenvalue weighted by atomic mass is 10.1. The molecule has 0 saturated carbocycles. The number of esters is 1. The molecule has 1 heterocycles. The van der Waals surface area contributed by atoms with Gasteiger partial charge < -0.3 is 4.74 Å². The number of aryl methyl sites for hydroxylation is 1. The number of benzene rings is 3. The molecule has 0 bridgehead atoms. The molecule has 3 aromatic rings. The van der Waals surface area contributed by atoms with Crippen LogP contribution < -0.4 is 4.74 Å². The number of amides is 2. The third-order valence-electron chi connectivity index (χ3n) is 4.91. The maximum absolute atomic E-state index is 13.0. The largest absolute Gasteiger partial charge is 0.422 e. The maximum atomic E-state index is 13.0. The van der Waals surface area contributed by atoms with E-state index in [1.807, 2.05) is 19.1 Å². The standard InChI is InChI=1S/C25H17BrClNO4S/c1-15-6-8-16(9-7-15)24(30)32-21-11-10-19(26)12-18(21)13-22-23(29)28(25(31)33-22)14-17-4-2-3-5-20(17)27/h2-13H,14H2,1H3/b22-13-. The maximum Gasteiger partial charge on any atom is 0.343 e. The van der Waals surface area contributed by atoms with Gasteiger partial charge in [-0.05, 0) is 66.7 Å². The number of rotatable bonds is 5. The second kappa shape index (κ2) is 9.95. The summed E-state index contributed by atoms with van der Waals surface area (Å²) in [7, 11) is 0. The first-order valence-corrected chi connectivity index (χ1v) is 11.9. The highest BCUT2D eigenvalue weighted by molar-refractivity contribution is 9.10. The number of hydrogen-bond acceptors (Lipinski definition) is 5. The van der Waals surface area contributed by atoms with Gasteiger partial charge in [-0.1, -0.05) is 63.4 Å². The second-order valence-electron chi connectivity index (χ2n) is 7.30. The van der Waals surface area contributed by atoms with Crippen LogP contribution in [0.15, 0.2) is 76.1 Å². The van der Waals surface area contributed by atoms with Crippen LogP contribution in [-0.2, 0) is 11.3 Å². The van der Waals surface area contributed by atoms with E-state index in [-0.39, 0.29) is 22.4 Å². The van der Waals surface area contributed by atoms with Gasteiger partial charge in [-0.15, -0.1) is 0 Å². The van der Waals surface area contributed by atoms with Crippen LogP contribution in [0, 0.1) is 6.92 Å². The van der Waals surface area contributed by atoms with Gasteiger partial charge in [0.1, 0.15) is 5.75 Å². The van der Waals surface area contributed by atoms with E-state index in [1.165, 1.54) is 0 Å². The van der Waals surface area contributed by atoms with Crippen LogP contribution in [0.5, 0.6) is 5.75 Å². The van der Waals surface area contributed by atoms with E-state index in [4.69, 9.17) is 16.3 Å². The molecule has 5 nitrogen and oxygen atoms in total. The number of carbonyl (C=O) groups excluding carboxylic acids is 3. The van der Waals surface area contributed by atoms with Crippen molar-refractivity contribution in [3.8, 4) is 5.75 Å². The zero-order valence-corrected chi connectivity index (χ0v) is 20.5. The first-order chi connectivity index (χ1) is 15.8. The molecule has 0 aliphatic carbocycles. The van der Waals surface area contributed by atoms with Gasteiger partial charge in [0.25, 0.3) is 11.1 Å². The average Bonchev–Trinajstić information content (AvgIpc) is 3.05. The number of thioether (sulfide) groups is 1. The van der Waals surface area contributed by atoms with Gasteiger partial charge >= 0.3 is 5.97 Å². The molecule has 1 aliphatic rings. The van der Waals surface area contributed by atoms with E-state index in [1.54, 1.807) is 60.7 Å². The molecular formula is C25H17BrClNO4S. The summed E-state index contributed by atoms with van der Waals surface area (Å²) in [5, 5.41) is 0.0946. The summed E-state index contributed by atoms with van der Waals surface area (Å²) in [6.45, 7) is 2.01. The molecule has 1 fully saturated rings. The minimum Gasteiger partial charge on any atom is -0.422 e. The minimum atomic E-state index is -0.515. The highest BCUT2D eigenvalue weighted by atomic mass is 79.9. The van der Waals surface area contributed by atoms with Crippen molar-refractivity contribution in [1.29, 1.82) is 0 Å². The van der Waals surface area contributed by atoms with Crippen LogP contribution in [0.3, 0.4) is 0 Å². The number of ether oxygens (including phenoxy) is 1. The van der Waals surface area contributed by atoms with Crippen molar-refractivity contribution >= 4 is 62.5 Å². The monoisotopic (exact) mass is 541 g/mol. The Labute approximate surface area is 208 Å². The number of nitrogens with zero attached hydrogens (tertiary/aromatic N) is 1. The van der Waals surface area contributed by atoms with Crippen molar-refractivity contribution in [3.05, 3.63) is 103 Å². The molecule has 0 unspecified atom stereocenters. The third kappa shape index (κ3) is 5.38. The van der Waals surface area contributed by atoms with E-state index in [2.05, 4.69) is 15.9 Å². The zero-order chi connectivity index (χ0) is 23.5. The second-order valence-corrected chi connectivity index (χ2v) is 9.61. The van der Waals surface area contributed by atoms with Gasteiger partial charge in [0.15, 0.2) is 0 Å². The number of halogens is 2. The average molecular weight is 543 g/mol. The van der Waals surface area contributed by atoms with E-state index < -0.39 is 11.9 Å². The minimum absolute atomic E-state index is 0.0788. The summed E-state index contributed by atoms with van der Waals surface area (Å²) in [5.41, 5.74) is 2.61. The fourth-order valence-electron chi connectivity index (χ4n) is 3.15. The molecule has 3 aromatic carbocycles. The molecule has 1 saturated heterocycles.